The summed E-state index contributed by atoms with van der Waals surface area (Å²) in [5.74, 6) is 1.53. The molecule has 2 aromatic carbocycles. The molecular weight excluding hydrogens is 503 g/mol. The fourth-order valence-electron chi connectivity index (χ4n) is 4.30. The van der Waals surface area contributed by atoms with Crippen molar-refractivity contribution < 1.29 is 14.2 Å². The molecule has 0 radical (unpaired) electrons. The van der Waals surface area contributed by atoms with E-state index in [1.807, 2.05) is 36.4 Å². The van der Waals surface area contributed by atoms with Gasteiger partial charge in [-0.3, -0.25) is 0 Å². The zero-order chi connectivity index (χ0) is 26.2. The molecule has 2 aromatic rings. The van der Waals surface area contributed by atoms with Crippen molar-refractivity contribution in [1.82, 2.24) is 0 Å². The van der Waals surface area contributed by atoms with E-state index < -0.39 is 0 Å². The monoisotopic (exact) mass is 550 g/mol. The molecule has 2 atom stereocenters. The zero-order valence-electron chi connectivity index (χ0n) is 22.6. The second-order valence-corrected chi connectivity index (χ2v) is 10.5. The smallest absolute Gasteiger partial charge is 0.161 e. The van der Waals surface area contributed by atoms with Gasteiger partial charge in [0, 0.05) is 11.8 Å². The minimum Gasteiger partial charge on any atom is -0.348 e. The van der Waals surface area contributed by atoms with E-state index in [1.165, 1.54) is 51.4 Å². The zero-order valence-corrected chi connectivity index (χ0v) is 24.1. The van der Waals surface area contributed by atoms with Crippen LogP contribution in [0.1, 0.15) is 101 Å². The first-order valence-corrected chi connectivity index (χ1v) is 15.5. The molecule has 0 aliphatic rings. The summed E-state index contributed by atoms with van der Waals surface area (Å²) in [5, 5.41) is 0. The molecule has 0 bridgehead atoms. The van der Waals surface area contributed by atoms with Crippen LogP contribution >= 0.6 is 23.2 Å². The van der Waals surface area contributed by atoms with E-state index in [9.17, 15) is 0 Å². The Bertz CT molecular complexity index is 681. The summed E-state index contributed by atoms with van der Waals surface area (Å²) in [6.45, 7) is 1.10. The lowest BCUT2D eigenvalue weighted by molar-refractivity contribution is -0.256. The highest BCUT2D eigenvalue weighted by molar-refractivity contribution is 6.18. The quantitative estimate of drug-likeness (QED) is 0.0738. The van der Waals surface area contributed by atoms with Crippen molar-refractivity contribution in [3.05, 3.63) is 71.8 Å². The first kappa shape index (κ1) is 32.1. The largest absolute Gasteiger partial charge is 0.348 e. The molecule has 0 amide bonds. The molecule has 0 aliphatic heterocycles. The predicted molar refractivity (Wildman–Crippen MR) is 157 cm³/mol. The molecule has 0 heterocycles. The van der Waals surface area contributed by atoms with Crippen molar-refractivity contribution in [3.8, 4) is 0 Å². The van der Waals surface area contributed by atoms with Gasteiger partial charge in [0.25, 0.3) is 0 Å². The summed E-state index contributed by atoms with van der Waals surface area (Å²) in [6, 6.07) is 20.7. The Morgan fingerprint density at radius 2 is 0.811 bits per heavy atom. The van der Waals surface area contributed by atoms with Crippen molar-refractivity contribution in [2.45, 2.75) is 116 Å². The molecule has 5 heteroatoms. The van der Waals surface area contributed by atoms with Crippen molar-refractivity contribution >= 4 is 23.2 Å². The Labute approximate surface area is 236 Å². The van der Waals surface area contributed by atoms with Gasteiger partial charge < -0.3 is 14.2 Å². The lowest BCUT2D eigenvalue weighted by Gasteiger charge is -2.26. The number of halogens is 2. The molecule has 0 fully saturated rings. The number of alkyl halides is 2. The molecule has 0 spiro atoms. The maximum atomic E-state index is 6.50. The molecule has 2 rings (SSSR count). The van der Waals surface area contributed by atoms with E-state index >= 15 is 0 Å². The lowest BCUT2D eigenvalue weighted by Crippen LogP contribution is -2.27. The third-order valence-electron chi connectivity index (χ3n) is 6.51. The van der Waals surface area contributed by atoms with Gasteiger partial charge in [0.15, 0.2) is 12.6 Å². The van der Waals surface area contributed by atoms with Gasteiger partial charge in [-0.1, -0.05) is 112 Å². The Balaban J connectivity index is 1.88. The van der Waals surface area contributed by atoms with Crippen LogP contribution in [0.2, 0.25) is 0 Å². The summed E-state index contributed by atoms with van der Waals surface area (Å²) in [5.41, 5.74) is 2.33. The SMILES string of the molecule is ClCCCCCCCCC(OCc1ccccc1)OC(CCCCCCCCCl)OCc1ccccc1. The van der Waals surface area contributed by atoms with Gasteiger partial charge in [-0.15, -0.1) is 23.2 Å². The molecule has 2 unspecified atom stereocenters. The highest BCUT2D eigenvalue weighted by atomic mass is 35.5. The van der Waals surface area contributed by atoms with Crippen molar-refractivity contribution in [2.75, 3.05) is 11.8 Å². The standard InChI is InChI=1S/C32H48Cl2O3/c33-25-17-7-3-1-5-15-23-31(35-27-29-19-11-9-12-20-29)37-32(24-16-6-2-4-8-18-26-34)36-28-30-21-13-10-14-22-30/h9-14,19-22,31-32H,1-8,15-18,23-28H2. The molecule has 3 nitrogen and oxygen atoms in total. The average molecular weight is 552 g/mol. The topological polar surface area (TPSA) is 27.7 Å². The van der Waals surface area contributed by atoms with E-state index in [2.05, 4.69) is 24.3 Å². The molecule has 37 heavy (non-hydrogen) atoms. The first-order chi connectivity index (χ1) is 18.3. The van der Waals surface area contributed by atoms with Crippen molar-refractivity contribution in [1.29, 1.82) is 0 Å². The highest BCUT2D eigenvalue weighted by Gasteiger charge is 2.18. The van der Waals surface area contributed by atoms with Crippen LogP contribution in [-0.2, 0) is 27.4 Å². The summed E-state index contributed by atoms with van der Waals surface area (Å²) in [6.07, 6.45) is 15.4. The van der Waals surface area contributed by atoms with Crippen molar-refractivity contribution in [3.63, 3.8) is 0 Å². The Kier molecular flexibility index (Phi) is 19.8. The number of ether oxygens (including phenoxy) is 3. The van der Waals surface area contributed by atoms with Crippen LogP contribution in [0, 0.1) is 0 Å². The second-order valence-electron chi connectivity index (χ2n) is 9.79. The van der Waals surface area contributed by atoms with Gasteiger partial charge in [0.05, 0.1) is 13.2 Å². The number of benzene rings is 2. The van der Waals surface area contributed by atoms with Crippen LogP contribution in [0.4, 0.5) is 0 Å². The van der Waals surface area contributed by atoms with Gasteiger partial charge in [-0.2, -0.15) is 0 Å². The molecule has 208 valence electrons. The number of hydrogen-bond acceptors (Lipinski definition) is 3. The van der Waals surface area contributed by atoms with Crippen molar-refractivity contribution in [2.24, 2.45) is 0 Å². The van der Waals surface area contributed by atoms with Crippen LogP contribution in [0.15, 0.2) is 60.7 Å². The molecular formula is C32H48Cl2O3. The van der Waals surface area contributed by atoms with E-state index in [1.54, 1.807) is 0 Å². The normalized spacial score (nSPS) is 13.0. The van der Waals surface area contributed by atoms with Crippen LogP contribution in [0.5, 0.6) is 0 Å². The summed E-state index contributed by atoms with van der Waals surface area (Å²) in [7, 11) is 0. The van der Waals surface area contributed by atoms with Crippen LogP contribution in [0.25, 0.3) is 0 Å². The van der Waals surface area contributed by atoms with E-state index in [0.717, 1.165) is 61.4 Å². The van der Waals surface area contributed by atoms with Crippen LogP contribution < -0.4 is 0 Å². The minimum absolute atomic E-state index is 0.271. The molecule has 0 aromatic heterocycles. The number of hydrogen-bond donors (Lipinski definition) is 0. The van der Waals surface area contributed by atoms with Gasteiger partial charge in [-0.05, 0) is 49.7 Å². The fourth-order valence-corrected chi connectivity index (χ4v) is 4.68. The number of unbranched alkanes of at least 4 members (excludes halogenated alkanes) is 10. The van der Waals surface area contributed by atoms with Gasteiger partial charge in [0.1, 0.15) is 0 Å². The minimum atomic E-state index is -0.271. The van der Waals surface area contributed by atoms with Crippen LogP contribution in [-0.4, -0.2) is 24.3 Å². The van der Waals surface area contributed by atoms with Gasteiger partial charge in [-0.25, -0.2) is 0 Å². The van der Waals surface area contributed by atoms with E-state index in [-0.39, 0.29) is 12.6 Å². The molecule has 0 aliphatic carbocycles. The summed E-state index contributed by atoms with van der Waals surface area (Å²) in [4.78, 5) is 0. The Morgan fingerprint density at radius 3 is 1.19 bits per heavy atom. The lowest BCUT2D eigenvalue weighted by atomic mass is 10.1. The maximum absolute atomic E-state index is 6.50. The van der Waals surface area contributed by atoms with E-state index in [0.29, 0.717) is 13.2 Å². The highest BCUT2D eigenvalue weighted by Crippen LogP contribution is 2.20. The second kappa shape index (κ2) is 22.8. The third-order valence-corrected chi connectivity index (χ3v) is 7.04. The third kappa shape index (κ3) is 17.2. The van der Waals surface area contributed by atoms with Gasteiger partial charge >= 0.3 is 0 Å². The summed E-state index contributed by atoms with van der Waals surface area (Å²) >= 11 is 11.6. The summed E-state index contributed by atoms with van der Waals surface area (Å²) < 4.78 is 19.1. The Hall–Kier alpha value is -1.10. The van der Waals surface area contributed by atoms with E-state index in [4.69, 9.17) is 37.4 Å². The molecule has 0 saturated carbocycles. The molecule has 0 saturated heterocycles. The number of rotatable bonds is 24. The maximum Gasteiger partial charge on any atom is 0.161 e. The Morgan fingerprint density at radius 1 is 0.459 bits per heavy atom. The van der Waals surface area contributed by atoms with Gasteiger partial charge in [0.2, 0.25) is 0 Å². The predicted octanol–water partition coefficient (Wildman–Crippen LogP) is 10.0. The first-order valence-electron chi connectivity index (χ1n) is 14.4. The molecule has 0 N–H and O–H groups in total. The fraction of sp³-hybridized carbons (Fsp3) is 0.625. The average Bonchev–Trinajstić information content (AvgIpc) is 2.94. The van der Waals surface area contributed by atoms with Crippen LogP contribution in [0.3, 0.4) is 0 Å².